The molecule has 0 bridgehead atoms. The summed E-state index contributed by atoms with van der Waals surface area (Å²) >= 11 is 0. The first kappa shape index (κ1) is 22.1. The number of anilines is 2. The lowest BCUT2D eigenvalue weighted by atomic mass is 9.92. The van der Waals surface area contributed by atoms with Crippen LogP contribution in [0.15, 0.2) is 59.9 Å². The summed E-state index contributed by atoms with van der Waals surface area (Å²) in [6, 6.07) is 13.0. The summed E-state index contributed by atoms with van der Waals surface area (Å²) in [6.07, 6.45) is 0.207. The van der Waals surface area contributed by atoms with E-state index in [0.717, 1.165) is 0 Å². The van der Waals surface area contributed by atoms with Crippen molar-refractivity contribution in [3.63, 3.8) is 0 Å². The molecule has 1 aliphatic rings. The number of amides is 2. The van der Waals surface area contributed by atoms with Crippen LogP contribution in [0.1, 0.15) is 38.8 Å². The minimum atomic E-state index is -0.794. The lowest BCUT2D eigenvalue weighted by Crippen LogP contribution is -2.31. The van der Waals surface area contributed by atoms with Crippen LogP contribution < -0.4 is 15.0 Å². The van der Waals surface area contributed by atoms with Crippen molar-refractivity contribution in [3.8, 4) is 5.75 Å². The standard InChI is InChI=1S/C24H26N2O5/c1-14(2)12-20(28)21-22(16-8-10-19(31-4)11-9-16)26(24(30)23(21)29)18-7-5-6-17(13-18)25-15(3)27/h5-11,13-14,22,29H,12H2,1-4H3,(H,25,27). The van der Waals surface area contributed by atoms with Crippen LogP contribution in [0.5, 0.6) is 5.75 Å². The third-order valence-electron chi connectivity index (χ3n) is 4.98. The second-order valence-corrected chi connectivity index (χ2v) is 7.87. The molecule has 2 aromatic carbocycles. The number of carbonyl (C=O) groups is 3. The maximum absolute atomic E-state index is 13.1. The number of aliphatic hydroxyl groups is 1. The first-order chi connectivity index (χ1) is 14.7. The Morgan fingerprint density at radius 1 is 1.16 bits per heavy atom. The van der Waals surface area contributed by atoms with E-state index in [1.165, 1.54) is 11.8 Å². The quantitative estimate of drug-likeness (QED) is 0.698. The van der Waals surface area contributed by atoms with Gasteiger partial charge >= 0.3 is 0 Å². The Balaban J connectivity index is 2.12. The zero-order valence-corrected chi connectivity index (χ0v) is 18.0. The molecule has 2 N–H and O–H groups in total. The smallest absolute Gasteiger partial charge is 0.294 e. The summed E-state index contributed by atoms with van der Waals surface area (Å²) in [7, 11) is 1.55. The molecule has 7 nitrogen and oxygen atoms in total. The van der Waals surface area contributed by atoms with Gasteiger partial charge in [0.2, 0.25) is 5.91 Å². The lowest BCUT2D eigenvalue weighted by Gasteiger charge is -2.27. The van der Waals surface area contributed by atoms with E-state index in [4.69, 9.17) is 4.74 Å². The summed E-state index contributed by atoms with van der Waals surface area (Å²) in [4.78, 5) is 39.0. The summed E-state index contributed by atoms with van der Waals surface area (Å²) in [5.41, 5.74) is 1.70. The van der Waals surface area contributed by atoms with Crippen molar-refractivity contribution >= 4 is 29.0 Å². The van der Waals surface area contributed by atoms with Crippen molar-refractivity contribution in [1.82, 2.24) is 0 Å². The third-order valence-corrected chi connectivity index (χ3v) is 4.98. The van der Waals surface area contributed by atoms with Crippen LogP contribution >= 0.6 is 0 Å². The van der Waals surface area contributed by atoms with Crippen molar-refractivity contribution in [1.29, 1.82) is 0 Å². The average molecular weight is 422 g/mol. The number of hydrogen-bond donors (Lipinski definition) is 2. The highest BCUT2D eigenvalue weighted by molar-refractivity contribution is 6.16. The van der Waals surface area contributed by atoms with Gasteiger partial charge in [0.25, 0.3) is 5.91 Å². The fourth-order valence-corrected chi connectivity index (χ4v) is 3.68. The summed E-state index contributed by atoms with van der Waals surface area (Å²) < 4.78 is 5.22. The van der Waals surface area contributed by atoms with E-state index in [-0.39, 0.29) is 29.6 Å². The normalized spacial score (nSPS) is 16.1. The molecule has 0 aliphatic carbocycles. The molecule has 162 valence electrons. The molecule has 1 heterocycles. The van der Waals surface area contributed by atoms with E-state index in [1.54, 1.807) is 55.6 Å². The van der Waals surface area contributed by atoms with Crippen LogP contribution in [0, 0.1) is 5.92 Å². The molecule has 1 aliphatic heterocycles. The second kappa shape index (κ2) is 9.04. The van der Waals surface area contributed by atoms with Gasteiger partial charge in [0.05, 0.1) is 18.7 Å². The molecule has 3 rings (SSSR count). The maximum atomic E-state index is 13.1. The van der Waals surface area contributed by atoms with Gasteiger partial charge in [-0.1, -0.05) is 32.0 Å². The molecule has 1 atom stereocenters. The lowest BCUT2D eigenvalue weighted by molar-refractivity contribution is -0.118. The largest absolute Gasteiger partial charge is 0.503 e. The monoisotopic (exact) mass is 422 g/mol. The van der Waals surface area contributed by atoms with Crippen LogP contribution in [0.25, 0.3) is 0 Å². The number of benzene rings is 2. The number of Topliss-reactive ketones (excluding diaryl/α,β-unsaturated/α-hetero) is 1. The van der Waals surface area contributed by atoms with Gasteiger partial charge in [-0.05, 0) is 41.8 Å². The van der Waals surface area contributed by atoms with Crippen LogP contribution in [0.4, 0.5) is 11.4 Å². The Morgan fingerprint density at radius 3 is 2.42 bits per heavy atom. The molecule has 0 radical (unpaired) electrons. The van der Waals surface area contributed by atoms with Crippen molar-refractivity contribution in [2.24, 2.45) is 5.92 Å². The van der Waals surface area contributed by atoms with E-state index < -0.39 is 17.7 Å². The van der Waals surface area contributed by atoms with Crippen molar-refractivity contribution in [2.75, 3.05) is 17.3 Å². The zero-order valence-electron chi connectivity index (χ0n) is 18.0. The van der Waals surface area contributed by atoms with Crippen LogP contribution in [-0.4, -0.2) is 29.8 Å². The van der Waals surface area contributed by atoms with E-state index in [1.807, 2.05) is 13.8 Å². The number of ether oxygens (including phenoxy) is 1. The highest BCUT2D eigenvalue weighted by Crippen LogP contribution is 2.42. The number of rotatable bonds is 7. The van der Waals surface area contributed by atoms with Gasteiger partial charge in [0.15, 0.2) is 11.5 Å². The molecule has 0 saturated carbocycles. The minimum absolute atomic E-state index is 0.0663. The van der Waals surface area contributed by atoms with Crippen molar-refractivity contribution in [3.05, 3.63) is 65.4 Å². The molecule has 0 fully saturated rings. The Bertz CT molecular complexity index is 1040. The van der Waals surface area contributed by atoms with E-state index in [0.29, 0.717) is 22.7 Å². The van der Waals surface area contributed by atoms with Gasteiger partial charge in [-0.2, -0.15) is 0 Å². The summed E-state index contributed by atoms with van der Waals surface area (Å²) in [6.45, 7) is 5.20. The van der Waals surface area contributed by atoms with Gasteiger partial charge in [-0.15, -0.1) is 0 Å². The number of carbonyl (C=O) groups excluding carboxylic acids is 3. The van der Waals surface area contributed by atoms with Crippen LogP contribution in [0.2, 0.25) is 0 Å². The van der Waals surface area contributed by atoms with E-state index in [2.05, 4.69) is 5.32 Å². The molecule has 1 unspecified atom stereocenters. The molecule has 2 amide bonds. The van der Waals surface area contributed by atoms with Gasteiger partial charge in [-0.25, -0.2) is 0 Å². The van der Waals surface area contributed by atoms with Crippen molar-refractivity contribution < 1.29 is 24.2 Å². The van der Waals surface area contributed by atoms with Gasteiger partial charge in [0.1, 0.15) is 5.75 Å². The predicted molar refractivity (Wildman–Crippen MR) is 118 cm³/mol. The summed E-state index contributed by atoms with van der Waals surface area (Å²) in [5.74, 6) is -1.02. The Morgan fingerprint density at radius 2 is 1.84 bits per heavy atom. The van der Waals surface area contributed by atoms with Crippen molar-refractivity contribution in [2.45, 2.75) is 33.2 Å². The number of methoxy groups -OCH3 is 1. The van der Waals surface area contributed by atoms with E-state index in [9.17, 15) is 19.5 Å². The molecule has 31 heavy (non-hydrogen) atoms. The average Bonchev–Trinajstić information content (AvgIpc) is 2.98. The SMILES string of the molecule is COc1ccc(C2C(C(=O)CC(C)C)=C(O)C(=O)N2c2cccc(NC(C)=O)c2)cc1. The Hall–Kier alpha value is -3.61. The Kier molecular flexibility index (Phi) is 6.44. The molecule has 7 heteroatoms. The van der Waals surface area contributed by atoms with Crippen LogP contribution in [-0.2, 0) is 14.4 Å². The number of nitrogens with one attached hydrogen (secondary N) is 1. The molecular weight excluding hydrogens is 396 g/mol. The molecule has 0 saturated heterocycles. The minimum Gasteiger partial charge on any atom is -0.503 e. The fourth-order valence-electron chi connectivity index (χ4n) is 3.68. The first-order valence-corrected chi connectivity index (χ1v) is 10.0. The topological polar surface area (TPSA) is 95.9 Å². The van der Waals surface area contributed by atoms with E-state index >= 15 is 0 Å². The highest BCUT2D eigenvalue weighted by atomic mass is 16.5. The van der Waals surface area contributed by atoms with Gasteiger partial charge in [-0.3, -0.25) is 19.3 Å². The highest BCUT2D eigenvalue weighted by Gasteiger charge is 2.44. The number of aliphatic hydroxyl groups excluding tert-OH is 1. The number of hydrogen-bond acceptors (Lipinski definition) is 5. The first-order valence-electron chi connectivity index (χ1n) is 10.0. The third kappa shape index (κ3) is 4.60. The maximum Gasteiger partial charge on any atom is 0.294 e. The molecule has 2 aromatic rings. The van der Waals surface area contributed by atoms with Gasteiger partial charge < -0.3 is 15.2 Å². The number of ketones is 1. The fraction of sp³-hybridized carbons (Fsp3) is 0.292. The zero-order chi connectivity index (χ0) is 22.7. The molecular formula is C24H26N2O5. The number of nitrogens with zero attached hydrogens (tertiary/aromatic N) is 1. The predicted octanol–water partition coefficient (Wildman–Crippen LogP) is 4.17. The molecule has 0 aromatic heterocycles. The second-order valence-electron chi connectivity index (χ2n) is 7.87. The summed E-state index contributed by atoms with van der Waals surface area (Å²) in [5, 5.41) is 13.4. The van der Waals surface area contributed by atoms with Gasteiger partial charge in [0, 0.05) is 24.7 Å². The Labute approximate surface area is 181 Å². The van der Waals surface area contributed by atoms with Crippen LogP contribution in [0.3, 0.4) is 0 Å². The molecule has 0 spiro atoms.